The lowest BCUT2D eigenvalue weighted by Gasteiger charge is -2.36. The Labute approximate surface area is 208 Å². The quantitative estimate of drug-likeness (QED) is 0.310. The van der Waals surface area contributed by atoms with E-state index in [1.807, 2.05) is 18.2 Å². The van der Waals surface area contributed by atoms with Crippen molar-refractivity contribution >= 4 is 22.9 Å². The zero-order chi connectivity index (χ0) is 24.9. The Hall–Kier alpha value is -4.08. The lowest BCUT2D eigenvalue weighted by Crippen LogP contribution is -2.46. The number of anilines is 1. The third-order valence-corrected chi connectivity index (χ3v) is 6.32. The van der Waals surface area contributed by atoms with Crippen LogP contribution in [0.3, 0.4) is 0 Å². The third-order valence-electron chi connectivity index (χ3n) is 6.32. The molecule has 1 aliphatic heterocycles. The second kappa shape index (κ2) is 10.7. The maximum absolute atomic E-state index is 12.5. The first-order chi connectivity index (χ1) is 17.6. The van der Waals surface area contributed by atoms with Crippen molar-refractivity contribution in [2.24, 2.45) is 0 Å². The zero-order valence-electron chi connectivity index (χ0n) is 20.1. The number of oxazole rings is 1. The highest BCUT2D eigenvalue weighted by molar-refractivity contribution is 5.87. The largest absolute Gasteiger partial charge is 0.529 e. The molecule has 0 bridgehead atoms. The molecule has 0 radical (unpaired) electrons. The van der Waals surface area contributed by atoms with Gasteiger partial charge >= 0.3 is 11.9 Å². The Kier molecular flexibility index (Phi) is 7.01. The minimum atomic E-state index is -0.930. The van der Waals surface area contributed by atoms with Gasteiger partial charge in [-0.2, -0.15) is 5.48 Å². The highest BCUT2D eigenvalue weighted by atomic mass is 16.8. The monoisotopic (exact) mass is 488 g/mol. The van der Waals surface area contributed by atoms with E-state index in [4.69, 9.17) is 9.15 Å². The van der Waals surface area contributed by atoms with Gasteiger partial charge in [0.25, 0.3) is 0 Å². The van der Waals surface area contributed by atoms with Gasteiger partial charge in [0, 0.05) is 39.8 Å². The smallest absolute Gasteiger partial charge is 0.411 e. The number of hydroxylamine groups is 1. The summed E-state index contributed by atoms with van der Waals surface area (Å²) in [6.45, 7) is 3.95. The second-order valence-corrected chi connectivity index (χ2v) is 8.58. The highest BCUT2D eigenvalue weighted by Gasteiger charge is 2.22. The number of nitrogens with zero attached hydrogens (tertiary/aromatic N) is 3. The number of aromatic nitrogens is 1. The lowest BCUT2D eigenvalue weighted by atomic mass is 10.0. The van der Waals surface area contributed by atoms with Crippen molar-refractivity contribution in [3.63, 3.8) is 0 Å². The molecule has 0 spiro atoms. The van der Waals surface area contributed by atoms with E-state index in [0.717, 1.165) is 38.4 Å². The van der Waals surface area contributed by atoms with Crippen LogP contribution in [0.25, 0.3) is 22.2 Å². The molecule has 1 aliphatic rings. The van der Waals surface area contributed by atoms with Crippen LogP contribution in [0, 0.1) is 0 Å². The summed E-state index contributed by atoms with van der Waals surface area (Å²) in [6, 6.07) is 24.7. The summed E-state index contributed by atoms with van der Waals surface area (Å²) in [5.74, 6) is -0.591. The number of para-hydroxylation sites is 1. The van der Waals surface area contributed by atoms with Crippen LogP contribution >= 0.6 is 0 Å². The molecule has 1 fully saturated rings. The molecule has 0 atom stereocenters. The van der Waals surface area contributed by atoms with Crippen molar-refractivity contribution < 1.29 is 18.8 Å². The maximum Gasteiger partial charge on any atom is 0.529 e. The van der Waals surface area contributed by atoms with Crippen LogP contribution in [-0.2, 0) is 22.9 Å². The van der Waals surface area contributed by atoms with Gasteiger partial charge < -0.3 is 18.9 Å². The van der Waals surface area contributed by atoms with E-state index in [1.165, 1.54) is 28.3 Å². The summed E-state index contributed by atoms with van der Waals surface area (Å²) in [5, 5.41) is 0. The standard InChI is InChI=1S/C27H28N4O5/c1-28-36-27(33)34-19-31-24-12-6-11-23(25(24)35-26(31)32)30-15-13-29(14-16-30)18-20-7-5-10-22(17-20)21-8-3-2-4-9-21/h2-12,17,28H,13-16,18-19H2,1H3. The van der Waals surface area contributed by atoms with Crippen LogP contribution in [-0.4, -0.2) is 48.8 Å². The van der Waals surface area contributed by atoms with Gasteiger partial charge in [-0.3, -0.25) is 4.90 Å². The van der Waals surface area contributed by atoms with Gasteiger partial charge in [-0.25, -0.2) is 14.2 Å². The molecule has 1 saturated heterocycles. The van der Waals surface area contributed by atoms with Gasteiger partial charge in [0.15, 0.2) is 12.3 Å². The van der Waals surface area contributed by atoms with Crippen LogP contribution in [0.2, 0.25) is 0 Å². The van der Waals surface area contributed by atoms with Gasteiger partial charge in [-0.05, 0) is 34.9 Å². The first-order valence-electron chi connectivity index (χ1n) is 11.9. The number of benzene rings is 3. The van der Waals surface area contributed by atoms with Crippen LogP contribution in [0.1, 0.15) is 5.56 Å². The minimum absolute atomic E-state index is 0.300. The van der Waals surface area contributed by atoms with Crippen molar-refractivity contribution in [1.82, 2.24) is 14.9 Å². The first kappa shape index (κ1) is 23.7. The van der Waals surface area contributed by atoms with Crippen LogP contribution in [0.4, 0.5) is 10.5 Å². The summed E-state index contributed by atoms with van der Waals surface area (Å²) in [4.78, 5) is 33.1. The number of carbonyl (C=O) groups is 1. The predicted octanol–water partition coefficient (Wildman–Crippen LogP) is 3.83. The summed E-state index contributed by atoms with van der Waals surface area (Å²) < 4.78 is 11.8. The fourth-order valence-corrected chi connectivity index (χ4v) is 4.56. The average Bonchev–Trinajstić information content (AvgIpc) is 3.24. The Bertz CT molecular complexity index is 1390. The van der Waals surface area contributed by atoms with Crippen molar-refractivity contribution in [1.29, 1.82) is 0 Å². The summed E-state index contributed by atoms with van der Waals surface area (Å²) in [6.07, 6.45) is -0.930. The number of piperazine rings is 1. The van der Waals surface area contributed by atoms with Gasteiger partial charge in [0.05, 0.1) is 11.2 Å². The molecule has 9 nitrogen and oxygen atoms in total. The van der Waals surface area contributed by atoms with Crippen molar-refractivity contribution in [3.05, 3.63) is 88.9 Å². The van der Waals surface area contributed by atoms with E-state index < -0.39 is 11.9 Å². The van der Waals surface area contributed by atoms with E-state index in [1.54, 1.807) is 6.07 Å². The minimum Gasteiger partial charge on any atom is -0.411 e. The highest BCUT2D eigenvalue weighted by Crippen LogP contribution is 2.28. The molecule has 1 N–H and O–H groups in total. The number of carbonyl (C=O) groups excluding carboxylic acids is 1. The third kappa shape index (κ3) is 5.12. The molecular formula is C27H28N4O5. The van der Waals surface area contributed by atoms with E-state index in [0.29, 0.717) is 11.1 Å². The Morgan fingerprint density at radius 3 is 2.47 bits per heavy atom. The molecule has 9 heteroatoms. The van der Waals surface area contributed by atoms with E-state index in [2.05, 4.69) is 68.6 Å². The van der Waals surface area contributed by atoms with E-state index >= 15 is 0 Å². The van der Waals surface area contributed by atoms with Crippen LogP contribution in [0.15, 0.2) is 82.0 Å². The topological polar surface area (TPSA) is 89.2 Å². The fraction of sp³-hybridized carbons (Fsp3) is 0.259. The average molecular weight is 489 g/mol. The number of fused-ring (bicyclic) bond motifs is 1. The van der Waals surface area contributed by atoms with Crippen molar-refractivity contribution in [2.45, 2.75) is 13.3 Å². The predicted molar refractivity (Wildman–Crippen MR) is 136 cm³/mol. The van der Waals surface area contributed by atoms with Gasteiger partial charge in [0.2, 0.25) is 0 Å². The first-order valence-corrected chi connectivity index (χ1v) is 11.9. The van der Waals surface area contributed by atoms with Crippen molar-refractivity contribution in [3.8, 4) is 11.1 Å². The zero-order valence-corrected chi connectivity index (χ0v) is 20.1. The van der Waals surface area contributed by atoms with E-state index in [9.17, 15) is 9.59 Å². The molecule has 0 amide bonds. The SMILES string of the molecule is CNOC(=O)OCn1c(=O)oc2c(N3CCN(Cc4cccc(-c5ccccc5)c4)CC3)cccc21. The summed E-state index contributed by atoms with van der Waals surface area (Å²) >= 11 is 0. The number of ether oxygens (including phenoxy) is 1. The molecule has 3 aromatic carbocycles. The van der Waals surface area contributed by atoms with Crippen molar-refractivity contribution in [2.75, 3.05) is 38.1 Å². The number of hydrogen-bond donors (Lipinski definition) is 1. The number of rotatable bonds is 7. The van der Waals surface area contributed by atoms with E-state index in [-0.39, 0.29) is 6.73 Å². The Morgan fingerprint density at radius 1 is 0.944 bits per heavy atom. The molecule has 2 heterocycles. The molecule has 0 unspecified atom stereocenters. The Morgan fingerprint density at radius 2 is 1.69 bits per heavy atom. The molecule has 1 aromatic heterocycles. The molecular weight excluding hydrogens is 460 g/mol. The summed E-state index contributed by atoms with van der Waals surface area (Å²) in [7, 11) is 1.44. The number of hydrogen-bond acceptors (Lipinski definition) is 8. The fourth-order valence-electron chi connectivity index (χ4n) is 4.56. The molecule has 0 aliphatic carbocycles. The normalized spacial score (nSPS) is 14.2. The molecule has 0 saturated carbocycles. The van der Waals surface area contributed by atoms with Gasteiger partial charge in [-0.15, -0.1) is 0 Å². The molecule has 4 aromatic rings. The number of nitrogens with one attached hydrogen (secondary N) is 1. The molecule has 36 heavy (non-hydrogen) atoms. The van der Waals surface area contributed by atoms with Crippen LogP contribution < -0.4 is 16.1 Å². The van der Waals surface area contributed by atoms with Gasteiger partial charge in [0.1, 0.15) is 0 Å². The molecule has 5 rings (SSSR count). The lowest BCUT2D eigenvalue weighted by molar-refractivity contribution is 0.00649. The van der Waals surface area contributed by atoms with Crippen LogP contribution in [0.5, 0.6) is 0 Å². The summed E-state index contributed by atoms with van der Waals surface area (Å²) in [5.41, 5.74) is 7.86. The second-order valence-electron chi connectivity index (χ2n) is 8.58. The molecule has 186 valence electrons. The maximum atomic E-state index is 12.5. The van der Waals surface area contributed by atoms with Gasteiger partial charge in [-0.1, -0.05) is 54.6 Å². The Balaban J connectivity index is 1.25.